The monoisotopic (exact) mass is 255 g/mol. The molecule has 18 heavy (non-hydrogen) atoms. The average molecular weight is 255 g/mol. The molecule has 0 radical (unpaired) electrons. The fraction of sp³-hybridized carbons (Fsp3) is 0.462. The number of halogens is 2. The largest absolute Gasteiger partial charge is 0.480 e. The predicted octanol–water partition coefficient (Wildman–Crippen LogP) is 2.06. The van der Waals surface area contributed by atoms with E-state index in [1.54, 1.807) is 0 Å². The molecule has 5 heteroatoms. The number of hydrogen-bond donors (Lipinski definition) is 1. The van der Waals surface area contributed by atoms with E-state index in [2.05, 4.69) is 0 Å². The third-order valence-electron chi connectivity index (χ3n) is 3.07. The molecule has 0 atom stereocenters. The maximum absolute atomic E-state index is 13.0. The standard InChI is InChI=1S/C13H15F2NO2/c14-11-4-1-9(7-12(11)15)5-6-16(8-13(17)18)10-2-3-10/h1,4,7,10H,2-3,5-6,8H2,(H,17,18). The predicted molar refractivity (Wildman–Crippen MR) is 62.3 cm³/mol. The van der Waals surface area contributed by atoms with Crippen LogP contribution in [0.3, 0.4) is 0 Å². The molecule has 0 aliphatic heterocycles. The van der Waals surface area contributed by atoms with Crippen LogP contribution in [-0.2, 0) is 11.2 Å². The minimum atomic E-state index is -0.858. The van der Waals surface area contributed by atoms with E-state index in [0.717, 1.165) is 18.9 Å². The summed E-state index contributed by atoms with van der Waals surface area (Å²) >= 11 is 0. The van der Waals surface area contributed by atoms with E-state index >= 15 is 0 Å². The number of aliphatic carboxylic acids is 1. The summed E-state index contributed by atoms with van der Waals surface area (Å²) in [6, 6.07) is 4.14. The number of carbonyl (C=O) groups is 1. The third-order valence-corrected chi connectivity index (χ3v) is 3.07. The molecule has 2 rings (SSSR count). The van der Waals surface area contributed by atoms with E-state index < -0.39 is 17.6 Å². The van der Waals surface area contributed by atoms with Crippen LogP contribution in [-0.4, -0.2) is 35.1 Å². The van der Waals surface area contributed by atoms with Crippen LogP contribution in [0.5, 0.6) is 0 Å². The molecule has 1 aromatic rings. The minimum absolute atomic E-state index is 0.00828. The van der Waals surface area contributed by atoms with Gasteiger partial charge in [-0.3, -0.25) is 9.69 Å². The van der Waals surface area contributed by atoms with Crippen LogP contribution in [0.2, 0.25) is 0 Å². The van der Waals surface area contributed by atoms with E-state index in [-0.39, 0.29) is 6.54 Å². The van der Waals surface area contributed by atoms with Crippen LogP contribution in [0.25, 0.3) is 0 Å². The number of hydrogen-bond acceptors (Lipinski definition) is 2. The number of carboxylic acid groups (broad SMARTS) is 1. The maximum Gasteiger partial charge on any atom is 0.317 e. The van der Waals surface area contributed by atoms with Crippen molar-refractivity contribution >= 4 is 5.97 Å². The zero-order valence-electron chi connectivity index (χ0n) is 9.90. The van der Waals surface area contributed by atoms with Crippen LogP contribution in [0, 0.1) is 11.6 Å². The zero-order valence-corrected chi connectivity index (χ0v) is 9.90. The highest BCUT2D eigenvalue weighted by Crippen LogP contribution is 2.26. The van der Waals surface area contributed by atoms with Gasteiger partial charge in [0.15, 0.2) is 11.6 Å². The van der Waals surface area contributed by atoms with E-state index in [0.29, 0.717) is 24.6 Å². The van der Waals surface area contributed by atoms with E-state index in [1.807, 2.05) is 4.90 Å². The molecule has 0 heterocycles. The van der Waals surface area contributed by atoms with Crippen molar-refractivity contribution in [3.8, 4) is 0 Å². The molecule has 3 nitrogen and oxygen atoms in total. The maximum atomic E-state index is 13.0. The summed E-state index contributed by atoms with van der Waals surface area (Å²) in [7, 11) is 0. The lowest BCUT2D eigenvalue weighted by Crippen LogP contribution is -2.33. The summed E-state index contributed by atoms with van der Waals surface area (Å²) in [4.78, 5) is 12.6. The molecule has 98 valence electrons. The molecular weight excluding hydrogens is 240 g/mol. The summed E-state index contributed by atoms with van der Waals surface area (Å²) in [6.07, 6.45) is 2.57. The van der Waals surface area contributed by atoms with Gasteiger partial charge in [-0.15, -0.1) is 0 Å². The highest BCUT2D eigenvalue weighted by atomic mass is 19.2. The first-order chi connectivity index (χ1) is 8.56. The zero-order chi connectivity index (χ0) is 13.1. The summed E-state index contributed by atoms with van der Waals surface area (Å²) in [5, 5.41) is 8.79. The first-order valence-electron chi connectivity index (χ1n) is 5.96. The Morgan fingerprint density at radius 2 is 2.06 bits per heavy atom. The van der Waals surface area contributed by atoms with Gasteiger partial charge in [0.2, 0.25) is 0 Å². The lowest BCUT2D eigenvalue weighted by molar-refractivity contribution is -0.138. The van der Waals surface area contributed by atoms with E-state index in [9.17, 15) is 13.6 Å². The topological polar surface area (TPSA) is 40.5 Å². The van der Waals surface area contributed by atoms with Crippen LogP contribution >= 0.6 is 0 Å². The Bertz CT molecular complexity index is 447. The molecule has 1 N–H and O–H groups in total. The van der Waals surface area contributed by atoms with Gasteiger partial charge >= 0.3 is 5.97 Å². The number of carboxylic acids is 1. The fourth-order valence-corrected chi connectivity index (χ4v) is 1.97. The van der Waals surface area contributed by atoms with Gasteiger partial charge in [-0.05, 0) is 37.0 Å². The number of rotatable bonds is 6. The first kappa shape index (κ1) is 13.0. The quantitative estimate of drug-likeness (QED) is 0.845. The van der Waals surface area contributed by atoms with Crippen molar-refractivity contribution < 1.29 is 18.7 Å². The SMILES string of the molecule is O=C(O)CN(CCc1ccc(F)c(F)c1)C1CC1. The third kappa shape index (κ3) is 3.50. The van der Waals surface area contributed by atoms with Gasteiger partial charge in [0.1, 0.15) is 0 Å². The molecule has 0 spiro atoms. The van der Waals surface area contributed by atoms with Crippen LogP contribution in [0.4, 0.5) is 8.78 Å². The molecule has 0 amide bonds. The Labute approximate surface area is 104 Å². The molecule has 0 aromatic heterocycles. The van der Waals surface area contributed by atoms with Crippen molar-refractivity contribution in [1.29, 1.82) is 0 Å². The Morgan fingerprint density at radius 1 is 1.33 bits per heavy atom. The first-order valence-corrected chi connectivity index (χ1v) is 5.96. The summed E-state index contributed by atoms with van der Waals surface area (Å²) < 4.78 is 25.7. The lowest BCUT2D eigenvalue weighted by Gasteiger charge is -2.19. The highest BCUT2D eigenvalue weighted by Gasteiger charge is 2.29. The van der Waals surface area contributed by atoms with Gasteiger partial charge in [0.05, 0.1) is 6.54 Å². The molecule has 1 saturated carbocycles. The molecule has 0 bridgehead atoms. The molecular formula is C13H15F2NO2. The van der Waals surface area contributed by atoms with Gasteiger partial charge < -0.3 is 5.11 Å². The van der Waals surface area contributed by atoms with Gasteiger partial charge in [-0.25, -0.2) is 8.78 Å². The van der Waals surface area contributed by atoms with Crippen LogP contribution in [0.1, 0.15) is 18.4 Å². The Kier molecular flexibility index (Phi) is 3.91. The van der Waals surface area contributed by atoms with Crippen molar-refractivity contribution in [1.82, 2.24) is 4.90 Å². The molecule has 0 unspecified atom stereocenters. The second-order valence-electron chi connectivity index (χ2n) is 4.59. The van der Waals surface area contributed by atoms with Crippen molar-refractivity contribution in [3.63, 3.8) is 0 Å². The van der Waals surface area contributed by atoms with Crippen molar-refractivity contribution in [2.24, 2.45) is 0 Å². The van der Waals surface area contributed by atoms with Gasteiger partial charge in [0, 0.05) is 12.6 Å². The molecule has 1 aliphatic rings. The summed E-state index contributed by atoms with van der Waals surface area (Å²) in [6.45, 7) is 0.566. The summed E-state index contributed by atoms with van der Waals surface area (Å²) in [5.41, 5.74) is 0.685. The normalized spacial score (nSPS) is 15.1. The molecule has 1 aliphatic carbocycles. The van der Waals surface area contributed by atoms with Crippen molar-refractivity contribution in [3.05, 3.63) is 35.4 Å². The van der Waals surface area contributed by atoms with Crippen LogP contribution < -0.4 is 0 Å². The second-order valence-corrected chi connectivity index (χ2v) is 4.59. The van der Waals surface area contributed by atoms with Crippen molar-refractivity contribution in [2.45, 2.75) is 25.3 Å². The second kappa shape index (κ2) is 5.44. The van der Waals surface area contributed by atoms with Crippen LogP contribution in [0.15, 0.2) is 18.2 Å². The summed E-state index contributed by atoms with van der Waals surface area (Å²) in [5.74, 6) is -2.57. The Balaban J connectivity index is 1.92. The number of nitrogens with zero attached hydrogens (tertiary/aromatic N) is 1. The smallest absolute Gasteiger partial charge is 0.317 e. The van der Waals surface area contributed by atoms with Gasteiger partial charge in [0.25, 0.3) is 0 Å². The Morgan fingerprint density at radius 3 is 2.61 bits per heavy atom. The van der Waals surface area contributed by atoms with E-state index in [4.69, 9.17) is 5.11 Å². The fourth-order valence-electron chi connectivity index (χ4n) is 1.97. The number of benzene rings is 1. The Hall–Kier alpha value is -1.49. The molecule has 1 aromatic carbocycles. The van der Waals surface area contributed by atoms with Gasteiger partial charge in [-0.1, -0.05) is 6.07 Å². The van der Waals surface area contributed by atoms with Crippen molar-refractivity contribution in [2.75, 3.05) is 13.1 Å². The molecule has 0 saturated heterocycles. The minimum Gasteiger partial charge on any atom is -0.480 e. The lowest BCUT2D eigenvalue weighted by atomic mass is 10.1. The average Bonchev–Trinajstić information content (AvgIpc) is 3.12. The van der Waals surface area contributed by atoms with E-state index in [1.165, 1.54) is 12.1 Å². The highest BCUT2D eigenvalue weighted by molar-refractivity contribution is 5.69. The van der Waals surface area contributed by atoms with Gasteiger partial charge in [-0.2, -0.15) is 0 Å². The molecule has 1 fully saturated rings.